The van der Waals surface area contributed by atoms with Crippen LogP contribution in [0.15, 0.2) is 41.6 Å². The number of fused-ring (bicyclic) bond motifs is 3. The number of hydrogen-bond donors (Lipinski definition) is 1. The highest BCUT2D eigenvalue weighted by atomic mass is 19.1. The Bertz CT molecular complexity index is 1250. The molecule has 0 aromatic carbocycles. The number of carbonyl (C=O) groups excluding carboxylic acids is 2. The maximum absolute atomic E-state index is 15.0. The van der Waals surface area contributed by atoms with Crippen molar-refractivity contribution in [2.75, 3.05) is 13.2 Å². The first-order valence-electron chi connectivity index (χ1n) is 13.9. The van der Waals surface area contributed by atoms with Gasteiger partial charge in [0, 0.05) is 12.1 Å². The number of aliphatic hydroxyl groups excluding tert-OH is 1. The van der Waals surface area contributed by atoms with E-state index in [1.807, 2.05) is 26.0 Å². The Morgan fingerprint density at radius 1 is 1.31 bits per heavy atom. The number of allylic oxidation sites excluding steroid dienone is 2. The zero-order valence-corrected chi connectivity index (χ0v) is 23.9. The maximum atomic E-state index is 15.0. The molecule has 1 saturated carbocycles. The fourth-order valence-electron chi connectivity index (χ4n) is 7.51. The molecule has 1 saturated heterocycles. The number of Topliss-reactive ketones (excluding diaryl/α,β-unsaturated/α-hetero) is 1. The summed E-state index contributed by atoms with van der Waals surface area (Å²) in [6.45, 7) is 13.5. The average molecular weight is 542 g/mol. The summed E-state index contributed by atoms with van der Waals surface area (Å²) in [5.74, 6) is -3.23. The van der Waals surface area contributed by atoms with Crippen LogP contribution in [-0.4, -0.2) is 53.1 Å². The number of halogens is 1. The van der Waals surface area contributed by atoms with Gasteiger partial charge in [0.15, 0.2) is 23.1 Å². The molecule has 5 rings (SSSR count). The molecule has 7 atom stereocenters. The summed E-state index contributed by atoms with van der Waals surface area (Å²) in [6, 6.07) is 2.54. The molecule has 0 spiro atoms. The van der Waals surface area contributed by atoms with Crippen molar-refractivity contribution in [3.05, 3.63) is 53.1 Å². The molecule has 0 bridgehead atoms. The standard InChI is InChI=1S/C31H40FNO6/c1-8-18(3)30-13-17(2)25(38-27(36)23-22(32)10-9-11-33-23)31(30,16-34)26-19(15-37-29(6,7)39-26)12-20(24(30)35)21-14-28(21,4)5/h9-13,18,20-21,25-26,34H,8,14-16H2,1-7H3/t18-,20?,21-,25?,26?,30?,31?/m1/s1. The van der Waals surface area contributed by atoms with Crippen LogP contribution < -0.4 is 0 Å². The van der Waals surface area contributed by atoms with Crippen LogP contribution >= 0.6 is 0 Å². The molecule has 1 aliphatic heterocycles. The second-order valence-corrected chi connectivity index (χ2v) is 13.0. The van der Waals surface area contributed by atoms with E-state index in [0.29, 0.717) is 12.0 Å². The van der Waals surface area contributed by atoms with Crippen LogP contribution in [0.2, 0.25) is 0 Å². The molecular weight excluding hydrogens is 501 g/mol. The van der Waals surface area contributed by atoms with E-state index in [1.54, 1.807) is 20.8 Å². The second kappa shape index (κ2) is 9.32. The van der Waals surface area contributed by atoms with Gasteiger partial charge in [0.2, 0.25) is 0 Å². The lowest BCUT2D eigenvalue weighted by Gasteiger charge is -2.55. The lowest BCUT2D eigenvalue weighted by atomic mass is 9.52. The summed E-state index contributed by atoms with van der Waals surface area (Å²) in [4.78, 5) is 32.2. The third-order valence-corrected chi connectivity index (χ3v) is 9.85. The lowest BCUT2D eigenvalue weighted by molar-refractivity contribution is -0.292. The number of pyridine rings is 1. The van der Waals surface area contributed by atoms with Crippen molar-refractivity contribution < 1.29 is 33.3 Å². The molecule has 2 fully saturated rings. The van der Waals surface area contributed by atoms with E-state index >= 15 is 0 Å². The van der Waals surface area contributed by atoms with Gasteiger partial charge in [-0.3, -0.25) is 4.79 Å². The van der Waals surface area contributed by atoms with Gasteiger partial charge in [0.1, 0.15) is 6.10 Å². The molecule has 4 aliphatic rings. The van der Waals surface area contributed by atoms with E-state index in [0.717, 1.165) is 18.1 Å². The minimum atomic E-state index is -1.38. The predicted molar refractivity (Wildman–Crippen MR) is 142 cm³/mol. The topological polar surface area (TPSA) is 95.0 Å². The molecule has 39 heavy (non-hydrogen) atoms. The highest BCUT2D eigenvalue weighted by Gasteiger charge is 2.73. The number of nitrogens with zero attached hydrogens (tertiary/aromatic N) is 1. The number of ether oxygens (including phenoxy) is 3. The Hall–Kier alpha value is -2.42. The molecule has 3 aliphatic carbocycles. The number of carbonyl (C=O) groups is 2. The number of ketones is 1. The lowest BCUT2D eigenvalue weighted by Crippen LogP contribution is -2.65. The molecule has 8 heteroatoms. The number of rotatable bonds is 6. The quantitative estimate of drug-likeness (QED) is 0.398. The van der Waals surface area contributed by atoms with Crippen LogP contribution in [0, 0.1) is 39.8 Å². The summed E-state index contributed by atoms with van der Waals surface area (Å²) in [6.07, 6.45) is 4.96. The molecule has 1 aromatic heterocycles. The van der Waals surface area contributed by atoms with Gasteiger partial charge in [0.05, 0.1) is 30.1 Å². The summed E-state index contributed by atoms with van der Waals surface area (Å²) in [5, 5.41) is 11.5. The molecule has 1 aromatic rings. The number of hydrogen-bond acceptors (Lipinski definition) is 7. The van der Waals surface area contributed by atoms with Crippen molar-refractivity contribution in [2.24, 2.45) is 34.0 Å². The van der Waals surface area contributed by atoms with E-state index in [4.69, 9.17) is 14.2 Å². The summed E-state index contributed by atoms with van der Waals surface area (Å²) >= 11 is 0. The molecule has 0 amide bonds. The van der Waals surface area contributed by atoms with Crippen molar-refractivity contribution in [3.63, 3.8) is 0 Å². The second-order valence-electron chi connectivity index (χ2n) is 13.0. The molecule has 1 N–H and O–H groups in total. The number of esters is 1. The highest BCUT2D eigenvalue weighted by molar-refractivity contribution is 5.95. The maximum Gasteiger partial charge on any atom is 0.360 e. The first-order chi connectivity index (χ1) is 18.3. The van der Waals surface area contributed by atoms with E-state index in [1.165, 1.54) is 12.3 Å². The van der Waals surface area contributed by atoms with Gasteiger partial charge < -0.3 is 19.3 Å². The fraction of sp³-hybridized carbons (Fsp3) is 0.645. The van der Waals surface area contributed by atoms with Crippen molar-refractivity contribution in [3.8, 4) is 0 Å². The molecule has 5 unspecified atom stereocenters. The highest BCUT2D eigenvalue weighted by Crippen LogP contribution is 2.67. The van der Waals surface area contributed by atoms with Crippen LogP contribution in [0.5, 0.6) is 0 Å². The average Bonchev–Trinajstić information content (AvgIpc) is 3.45. The van der Waals surface area contributed by atoms with Gasteiger partial charge in [-0.1, -0.05) is 46.3 Å². The Morgan fingerprint density at radius 3 is 2.59 bits per heavy atom. The van der Waals surface area contributed by atoms with Gasteiger partial charge in [-0.05, 0) is 67.7 Å². The summed E-state index contributed by atoms with van der Waals surface area (Å²) in [7, 11) is 0. The van der Waals surface area contributed by atoms with E-state index in [-0.39, 0.29) is 29.6 Å². The van der Waals surface area contributed by atoms with E-state index < -0.39 is 58.8 Å². The minimum absolute atomic E-state index is 0.00509. The van der Waals surface area contributed by atoms with Crippen LogP contribution in [-0.2, 0) is 19.0 Å². The van der Waals surface area contributed by atoms with E-state index in [9.17, 15) is 19.1 Å². The van der Waals surface area contributed by atoms with Gasteiger partial charge in [0.25, 0.3) is 0 Å². The Balaban J connectivity index is 1.73. The van der Waals surface area contributed by atoms with Crippen molar-refractivity contribution in [1.29, 1.82) is 0 Å². The van der Waals surface area contributed by atoms with Crippen LogP contribution in [0.4, 0.5) is 4.39 Å². The molecule has 212 valence electrons. The Morgan fingerprint density at radius 2 is 2.00 bits per heavy atom. The first-order valence-corrected chi connectivity index (χ1v) is 13.9. The predicted octanol–water partition coefficient (Wildman–Crippen LogP) is 5.04. The molecule has 7 nitrogen and oxygen atoms in total. The van der Waals surface area contributed by atoms with Gasteiger partial charge >= 0.3 is 5.97 Å². The van der Waals surface area contributed by atoms with Crippen LogP contribution in [0.1, 0.15) is 71.8 Å². The van der Waals surface area contributed by atoms with Crippen molar-refractivity contribution in [2.45, 2.75) is 79.3 Å². The minimum Gasteiger partial charge on any atom is -0.452 e. The largest absolute Gasteiger partial charge is 0.452 e. The SMILES string of the molecule is CC[C@@H](C)C12C=C(C)C(OC(=O)c3ncccc3F)C1(CO)C1OC(C)(C)OCC1=CC([C@H]1CC1(C)C)C2=O. The van der Waals surface area contributed by atoms with Crippen LogP contribution in [0.3, 0.4) is 0 Å². The summed E-state index contributed by atoms with van der Waals surface area (Å²) in [5.41, 5.74) is -1.63. The zero-order chi connectivity index (χ0) is 28.5. The summed E-state index contributed by atoms with van der Waals surface area (Å²) < 4.78 is 33.3. The van der Waals surface area contributed by atoms with Gasteiger partial charge in [-0.15, -0.1) is 0 Å². The molecule has 0 radical (unpaired) electrons. The Kier molecular flexibility index (Phi) is 6.72. The monoisotopic (exact) mass is 541 g/mol. The number of aromatic nitrogens is 1. The van der Waals surface area contributed by atoms with Crippen LogP contribution in [0.25, 0.3) is 0 Å². The van der Waals surface area contributed by atoms with Gasteiger partial charge in [-0.25, -0.2) is 14.2 Å². The Labute approximate surface area is 229 Å². The zero-order valence-electron chi connectivity index (χ0n) is 23.9. The van der Waals surface area contributed by atoms with E-state index in [2.05, 4.69) is 18.8 Å². The van der Waals surface area contributed by atoms with Crippen molar-refractivity contribution >= 4 is 11.8 Å². The normalized spacial score (nSPS) is 37.1. The first kappa shape index (κ1) is 28.1. The van der Waals surface area contributed by atoms with Gasteiger partial charge in [-0.2, -0.15) is 0 Å². The third kappa shape index (κ3) is 4.05. The van der Waals surface area contributed by atoms with Crippen molar-refractivity contribution in [1.82, 2.24) is 4.98 Å². The number of aliphatic hydroxyl groups is 1. The smallest absolute Gasteiger partial charge is 0.360 e. The molecule has 2 heterocycles. The third-order valence-electron chi connectivity index (χ3n) is 9.85. The molecular formula is C31H40FNO6. The fourth-order valence-corrected chi connectivity index (χ4v) is 7.51.